The molecule has 0 amide bonds. The second-order valence-electron chi connectivity index (χ2n) is 2.50. The molecule has 0 saturated carbocycles. The smallest absolute Gasteiger partial charge is 0.155 e. The summed E-state index contributed by atoms with van der Waals surface area (Å²) in [6.07, 6.45) is 0. The van der Waals surface area contributed by atoms with Crippen LogP contribution in [0.1, 0.15) is 6.92 Å². The van der Waals surface area contributed by atoms with Gasteiger partial charge in [0.2, 0.25) is 0 Å². The van der Waals surface area contributed by atoms with E-state index in [9.17, 15) is 8.42 Å². The van der Waals surface area contributed by atoms with Crippen molar-refractivity contribution in [2.75, 3.05) is 5.75 Å². The molecule has 0 radical (unpaired) electrons. The van der Waals surface area contributed by atoms with E-state index < -0.39 is 9.84 Å². The third-order valence-electron chi connectivity index (χ3n) is 1.75. The van der Waals surface area contributed by atoms with Crippen molar-refractivity contribution in [3.05, 3.63) is 0 Å². The minimum absolute atomic E-state index is 0.0671. The summed E-state index contributed by atoms with van der Waals surface area (Å²) in [6.45, 7) is 1.73. The maximum Gasteiger partial charge on any atom is 0.155 e. The Bertz CT molecular complexity index is 224. The first-order valence-electron chi connectivity index (χ1n) is 2.95. The number of halogens is 2. The molecule has 0 aliphatic carbocycles. The lowest BCUT2D eigenvalue weighted by atomic mass is 10.3. The highest BCUT2D eigenvalue weighted by Gasteiger charge is 2.41. The number of sulfone groups is 1. The van der Waals surface area contributed by atoms with E-state index >= 15 is 0 Å². The predicted molar refractivity (Wildman–Crippen MR) is 48.7 cm³/mol. The molecule has 1 saturated heterocycles. The van der Waals surface area contributed by atoms with Crippen LogP contribution in [0.4, 0.5) is 0 Å². The van der Waals surface area contributed by atoms with Crippen LogP contribution < -0.4 is 0 Å². The normalized spacial score (nSPS) is 45.7. The first kappa shape index (κ1) is 9.00. The quantitative estimate of drug-likeness (QED) is 0.631. The van der Waals surface area contributed by atoms with Gasteiger partial charge in [0.15, 0.2) is 9.84 Å². The zero-order valence-corrected chi connectivity index (χ0v) is 9.41. The highest BCUT2D eigenvalue weighted by atomic mass is 79.9. The molecular weight excluding hydrogens is 284 g/mol. The summed E-state index contributed by atoms with van der Waals surface area (Å²) in [5.41, 5.74) is 0. The van der Waals surface area contributed by atoms with E-state index in [0.29, 0.717) is 0 Å². The second kappa shape index (κ2) is 2.75. The minimum Gasteiger partial charge on any atom is -0.228 e. The van der Waals surface area contributed by atoms with Gasteiger partial charge in [0.1, 0.15) is 0 Å². The Kier molecular flexibility index (Phi) is 2.48. The third kappa shape index (κ3) is 1.41. The van der Waals surface area contributed by atoms with Gasteiger partial charge in [-0.05, 0) is 6.92 Å². The van der Waals surface area contributed by atoms with E-state index in [4.69, 9.17) is 0 Å². The summed E-state index contributed by atoms with van der Waals surface area (Å²) in [5.74, 6) is 0.254. The average molecular weight is 292 g/mol. The standard InChI is InChI=1S/C5H8Br2O2S/c1-3-5(7)4(6)2-10(3,8)9/h3-5H,2H2,1H3/t3-,4-,5+/m1/s1. The van der Waals surface area contributed by atoms with Crippen molar-refractivity contribution < 1.29 is 8.42 Å². The van der Waals surface area contributed by atoms with E-state index in [0.717, 1.165) is 0 Å². The van der Waals surface area contributed by atoms with Gasteiger partial charge in [-0.15, -0.1) is 0 Å². The van der Waals surface area contributed by atoms with Crippen LogP contribution in [0, 0.1) is 0 Å². The van der Waals surface area contributed by atoms with E-state index in [1.54, 1.807) is 6.92 Å². The number of hydrogen-bond donors (Lipinski definition) is 0. The van der Waals surface area contributed by atoms with Gasteiger partial charge in [-0.3, -0.25) is 0 Å². The molecule has 1 aliphatic heterocycles. The van der Waals surface area contributed by atoms with E-state index in [1.807, 2.05) is 0 Å². The zero-order chi connectivity index (χ0) is 7.94. The van der Waals surface area contributed by atoms with Gasteiger partial charge < -0.3 is 0 Å². The number of alkyl halides is 2. The molecule has 1 rings (SSSR count). The van der Waals surface area contributed by atoms with E-state index in [2.05, 4.69) is 31.9 Å². The van der Waals surface area contributed by atoms with Crippen LogP contribution in [-0.2, 0) is 9.84 Å². The summed E-state index contributed by atoms with van der Waals surface area (Å²) in [5, 5.41) is -0.253. The average Bonchev–Trinajstić information content (AvgIpc) is 1.95. The van der Waals surface area contributed by atoms with Crippen LogP contribution in [0.5, 0.6) is 0 Å². The summed E-state index contributed by atoms with van der Waals surface area (Å²) in [4.78, 5) is 0.144. The lowest BCUT2D eigenvalue weighted by Crippen LogP contribution is -2.19. The van der Waals surface area contributed by atoms with Crippen molar-refractivity contribution in [1.29, 1.82) is 0 Å². The first-order chi connectivity index (χ1) is 4.45. The molecule has 10 heavy (non-hydrogen) atoms. The largest absolute Gasteiger partial charge is 0.228 e. The van der Waals surface area contributed by atoms with Crippen molar-refractivity contribution in [2.45, 2.75) is 21.8 Å². The molecule has 0 aromatic heterocycles. The Hall–Kier alpha value is 0.910. The second-order valence-corrected chi connectivity index (χ2v) is 7.13. The molecule has 0 unspecified atom stereocenters. The SMILES string of the molecule is C[C@@H]1[C@H](Br)[C@H](Br)CS1(=O)=O. The summed E-state index contributed by atoms with van der Waals surface area (Å²) in [6, 6.07) is 0. The Morgan fingerprint density at radius 3 is 2.00 bits per heavy atom. The van der Waals surface area contributed by atoms with Gasteiger partial charge in [-0.25, -0.2) is 8.42 Å². The molecule has 0 spiro atoms. The Morgan fingerprint density at radius 1 is 1.40 bits per heavy atom. The molecule has 1 heterocycles. The van der Waals surface area contributed by atoms with Crippen molar-refractivity contribution >= 4 is 41.7 Å². The van der Waals surface area contributed by atoms with Gasteiger partial charge >= 0.3 is 0 Å². The molecule has 0 N–H and O–H groups in total. The molecule has 1 fully saturated rings. The van der Waals surface area contributed by atoms with Crippen LogP contribution in [0.2, 0.25) is 0 Å². The molecule has 60 valence electrons. The van der Waals surface area contributed by atoms with Crippen molar-refractivity contribution in [1.82, 2.24) is 0 Å². The molecular formula is C5H8Br2O2S. The maximum absolute atomic E-state index is 11.1. The highest BCUT2D eigenvalue weighted by Crippen LogP contribution is 2.31. The van der Waals surface area contributed by atoms with Gasteiger partial charge in [0.25, 0.3) is 0 Å². The minimum atomic E-state index is -2.82. The van der Waals surface area contributed by atoms with Crippen molar-refractivity contribution in [2.24, 2.45) is 0 Å². The lowest BCUT2D eigenvalue weighted by molar-refractivity contribution is 0.594. The molecule has 0 aromatic rings. The van der Waals surface area contributed by atoms with Gasteiger partial charge in [-0.2, -0.15) is 0 Å². The van der Waals surface area contributed by atoms with Crippen molar-refractivity contribution in [3.8, 4) is 0 Å². The monoisotopic (exact) mass is 290 g/mol. The van der Waals surface area contributed by atoms with Crippen molar-refractivity contribution in [3.63, 3.8) is 0 Å². The highest BCUT2D eigenvalue weighted by molar-refractivity contribution is 9.12. The number of hydrogen-bond acceptors (Lipinski definition) is 2. The van der Waals surface area contributed by atoms with Crippen LogP contribution in [0.25, 0.3) is 0 Å². The Morgan fingerprint density at radius 2 is 1.90 bits per heavy atom. The van der Waals surface area contributed by atoms with Gasteiger partial charge in [0.05, 0.1) is 11.0 Å². The topological polar surface area (TPSA) is 34.1 Å². The zero-order valence-electron chi connectivity index (χ0n) is 5.42. The molecule has 1 aliphatic rings. The first-order valence-corrected chi connectivity index (χ1v) is 6.49. The van der Waals surface area contributed by atoms with E-state index in [-0.39, 0.29) is 20.7 Å². The molecule has 0 bridgehead atoms. The van der Waals surface area contributed by atoms with Crippen LogP contribution in [0.15, 0.2) is 0 Å². The molecule has 3 atom stereocenters. The third-order valence-corrected chi connectivity index (χ3v) is 7.81. The predicted octanol–water partition coefficient (Wildman–Crippen LogP) is 1.33. The molecule has 5 heteroatoms. The summed E-state index contributed by atoms with van der Waals surface area (Å²) in [7, 11) is -2.82. The lowest BCUT2D eigenvalue weighted by Gasteiger charge is -2.06. The molecule has 2 nitrogen and oxygen atoms in total. The van der Waals surface area contributed by atoms with Crippen LogP contribution in [0.3, 0.4) is 0 Å². The summed E-state index contributed by atoms with van der Waals surface area (Å²) < 4.78 is 22.2. The summed E-state index contributed by atoms with van der Waals surface area (Å²) >= 11 is 6.61. The van der Waals surface area contributed by atoms with Gasteiger partial charge in [0, 0.05) is 9.65 Å². The van der Waals surface area contributed by atoms with Crippen LogP contribution >= 0.6 is 31.9 Å². The fraction of sp³-hybridized carbons (Fsp3) is 1.00. The van der Waals surface area contributed by atoms with Gasteiger partial charge in [-0.1, -0.05) is 31.9 Å². The van der Waals surface area contributed by atoms with E-state index in [1.165, 1.54) is 0 Å². The fourth-order valence-corrected chi connectivity index (χ4v) is 5.68. The number of rotatable bonds is 0. The van der Waals surface area contributed by atoms with Crippen LogP contribution in [-0.4, -0.2) is 29.1 Å². The Balaban J connectivity index is 2.93. The fourth-order valence-electron chi connectivity index (χ4n) is 0.958. The Labute approximate surface area is 77.6 Å². The maximum atomic E-state index is 11.1. The molecule has 0 aromatic carbocycles.